The van der Waals surface area contributed by atoms with Gasteiger partial charge in [0.2, 0.25) is 0 Å². The largest absolute Gasteiger partial charge is 0.307 e. The maximum Gasteiger partial charge on any atom is 0.273 e. The number of aromatic amines is 1. The standard InChI is InChI=1S/C34H39Cl3N4O4S/c1-2-3-4-5-6-7-8-9-10-11-13-24-16-18-28(19-17-24)46(44,45)40-27-15-12-14-25(20-27)34(43)38-31-23-32(42)41(39-31)33-29(36)21-26(35)22-30(33)37/h12,14-23,39-40H,2-11,13H2,1H3,(H,38,43). The van der Waals surface area contributed by atoms with Gasteiger partial charge in [-0.05, 0) is 60.9 Å². The number of nitrogens with one attached hydrogen (secondary N) is 3. The number of aryl methyl sites for hydroxylation is 1. The van der Waals surface area contributed by atoms with Crippen LogP contribution in [0.25, 0.3) is 5.69 Å². The van der Waals surface area contributed by atoms with Crippen molar-refractivity contribution in [2.24, 2.45) is 0 Å². The first-order valence-electron chi connectivity index (χ1n) is 15.6. The maximum absolute atomic E-state index is 13.1. The number of sulfonamides is 1. The smallest absolute Gasteiger partial charge is 0.273 e. The second-order valence-corrected chi connectivity index (χ2v) is 14.2. The minimum atomic E-state index is -3.89. The van der Waals surface area contributed by atoms with Gasteiger partial charge in [-0.1, -0.05) is 118 Å². The van der Waals surface area contributed by atoms with Crippen LogP contribution in [0.2, 0.25) is 15.1 Å². The molecule has 1 aromatic heterocycles. The Labute approximate surface area is 285 Å². The van der Waals surface area contributed by atoms with Crippen LogP contribution in [-0.2, 0) is 16.4 Å². The van der Waals surface area contributed by atoms with Gasteiger partial charge in [-0.2, -0.15) is 0 Å². The summed E-state index contributed by atoms with van der Waals surface area (Å²) in [5.74, 6) is -0.486. The first-order valence-corrected chi connectivity index (χ1v) is 18.2. The fourth-order valence-corrected chi connectivity index (χ4v) is 7.19. The SMILES string of the molecule is CCCCCCCCCCCCc1ccc(S(=O)(=O)Nc2cccc(C(=O)Nc3cc(=O)n(-c4c(Cl)cc(Cl)cc4Cl)[nH]3)c2)cc1. The second-order valence-electron chi connectivity index (χ2n) is 11.3. The Bertz CT molecular complexity index is 1760. The number of aromatic nitrogens is 2. The van der Waals surface area contributed by atoms with E-state index in [0.29, 0.717) is 5.02 Å². The molecular formula is C34H39Cl3N4O4S. The summed E-state index contributed by atoms with van der Waals surface area (Å²) in [4.78, 5) is 25.7. The summed E-state index contributed by atoms with van der Waals surface area (Å²) in [5, 5.41) is 5.95. The number of nitrogens with zero attached hydrogens (tertiary/aromatic N) is 1. The molecule has 8 nitrogen and oxygen atoms in total. The van der Waals surface area contributed by atoms with Gasteiger partial charge >= 0.3 is 0 Å². The minimum Gasteiger partial charge on any atom is -0.307 e. The van der Waals surface area contributed by atoms with Crippen molar-refractivity contribution < 1.29 is 13.2 Å². The molecule has 3 aromatic carbocycles. The molecule has 0 spiro atoms. The number of halogens is 3. The third-order valence-corrected chi connectivity index (χ3v) is 9.80. The Balaban J connectivity index is 1.30. The van der Waals surface area contributed by atoms with Crippen molar-refractivity contribution in [2.75, 3.05) is 10.0 Å². The number of hydrogen-bond acceptors (Lipinski definition) is 4. The molecule has 0 fully saturated rings. The van der Waals surface area contributed by atoms with E-state index in [1.54, 1.807) is 24.3 Å². The lowest BCUT2D eigenvalue weighted by molar-refractivity contribution is 0.102. The van der Waals surface area contributed by atoms with Crippen molar-refractivity contribution >= 4 is 62.2 Å². The van der Waals surface area contributed by atoms with Crippen molar-refractivity contribution in [2.45, 2.75) is 82.4 Å². The van der Waals surface area contributed by atoms with Gasteiger partial charge in [0.05, 0.1) is 14.9 Å². The molecular weight excluding hydrogens is 667 g/mol. The minimum absolute atomic E-state index is 0.0842. The van der Waals surface area contributed by atoms with Crippen LogP contribution in [-0.4, -0.2) is 24.1 Å². The summed E-state index contributed by atoms with van der Waals surface area (Å²) in [5.41, 5.74) is 1.15. The van der Waals surface area contributed by atoms with Crippen LogP contribution in [0.1, 0.15) is 87.1 Å². The summed E-state index contributed by atoms with van der Waals surface area (Å²) in [6, 6.07) is 17.0. The van der Waals surface area contributed by atoms with E-state index >= 15 is 0 Å². The fraction of sp³-hybridized carbons (Fsp3) is 0.353. The summed E-state index contributed by atoms with van der Waals surface area (Å²) in [6.45, 7) is 2.24. The van der Waals surface area contributed by atoms with Crippen molar-refractivity contribution in [3.63, 3.8) is 0 Å². The van der Waals surface area contributed by atoms with Gasteiger partial charge in [0, 0.05) is 22.3 Å². The van der Waals surface area contributed by atoms with Crippen LogP contribution < -0.4 is 15.6 Å². The molecule has 0 bridgehead atoms. The zero-order valence-electron chi connectivity index (χ0n) is 25.8. The third kappa shape index (κ3) is 10.1. The number of carbonyl (C=O) groups is 1. The molecule has 0 saturated carbocycles. The lowest BCUT2D eigenvalue weighted by atomic mass is 10.0. The van der Waals surface area contributed by atoms with Crippen molar-refractivity contribution in [3.05, 3.63) is 103 Å². The lowest BCUT2D eigenvalue weighted by Gasteiger charge is -2.11. The highest BCUT2D eigenvalue weighted by Crippen LogP contribution is 2.31. The molecule has 4 rings (SSSR count). The van der Waals surface area contributed by atoms with Gasteiger partial charge in [-0.15, -0.1) is 0 Å². The van der Waals surface area contributed by atoms with Crippen LogP contribution in [0.3, 0.4) is 0 Å². The maximum atomic E-state index is 13.1. The van der Waals surface area contributed by atoms with E-state index in [1.165, 1.54) is 88.1 Å². The Kier molecular flexibility index (Phi) is 13.2. The Morgan fingerprint density at radius 1 is 0.804 bits per heavy atom. The molecule has 1 amide bonds. The number of rotatable bonds is 17. The van der Waals surface area contributed by atoms with E-state index in [4.69, 9.17) is 34.8 Å². The number of anilines is 2. The van der Waals surface area contributed by atoms with Crippen LogP contribution in [0, 0.1) is 0 Å². The molecule has 46 heavy (non-hydrogen) atoms. The van der Waals surface area contributed by atoms with E-state index in [2.05, 4.69) is 22.1 Å². The third-order valence-electron chi connectivity index (χ3n) is 7.60. The van der Waals surface area contributed by atoms with Crippen LogP contribution >= 0.6 is 34.8 Å². The first kappa shape index (κ1) is 35.6. The fourth-order valence-electron chi connectivity index (χ4n) is 5.16. The summed E-state index contributed by atoms with van der Waals surface area (Å²) in [6.07, 6.45) is 13.6. The highest BCUT2D eigenvalue weighted by atomic mass is 35.5. The average molecular weight is 706 g/mol. The molecule has 0 unspecified atom stereocenters. The predicted octanol–water partition coefficient (Wildman–Crippen LogP) is 9.64. The summed E-state index contributed by atoms with van der Waals surface area (Å²) < 4.78 is 29.8. The second kappa shape index (κ2) is 17.1. The molecule has 0 aliphatic carbocycles. The molecule has 0 aliphatic rings. The van der Waals surface area contributed by atoms with Gasteiger partial charge in [0.1, 0.15) is 11.5 Å². The van der Waals surface area contributed by atoms with E-state index in [9.17, 15) is 18.0 Å². The van der Waals surface area contributed by atoms with Gasteiger partial charge < -0.3 is 5.32 Å². The van der Waals surface area contributed by atoms with Crippen molar-refractivity contribution in [3.8, 4) is 5.69 Å². The molecule has 4 aromatic rings. The van der Waals surface area contributed by atoms with Gasteiger partial charge in [-0.3, -0.25) is 19.4 Å². The molecule has 1 heterocycles. The monoisotopic (exact) mass is 704 g/mol. The zero-order chi connectivity index (χ0) is 33.1. The number of benzene rings is 3. The summed E-state index contributed by atoms with van der Waals surface area (Å²) in [7, 11) is -3.89. The van der Waals surface area contributed by atoms with E-state index in [-0.39, 0.29) is 37.7 Å². The summed E-state index contributed by atoms with van der Waals surface area (Å²) >= 11 is 18.4. The van der Waals surface area contributed by atoms with E-state index in [1.807, 2.05) is 12.1 Å². The zero-order valence-corrected chi connectivity index (χ0v) is 28.8. The Hall–Kier alpha value is -3.24. The predicted molar refractivity (Wildman–Crippen MR) is 189 cm³/mol. The molecule has 3 N–H and O–H groups in total. The Morgan fingerprint density at radius 2 is 1.41 bits per heavy atom. The van der Waals surface area contributed by atoms with Crippen molar-refractivity contribution in [1.82, 2.24) is 9.78 Å². The number of carbonyl (C=O) groups excluding carboxylic acids is 1. The lowest BCUT2D eigenvalue weighted by Crippen LogP contribution is -2.16. The highest BCUT2D eigenvalue weighted by Gasteiger charge is 2.18. The first-order chi connectivity index (χ1) is 22.1. The van der Waals surface area contributed by atoms with Crippen LogP contribution in [0.15, 0.2) is 76.4 Å². The van der Waals surface area contributed by atoms with E-state index < -0.39 is 21.5 Å². The molecule has 0 saturated heterocycles. The van der Waals surface area contributed by atoms with Gasteiger partial charge in [0.25, 0.3) is 21.5 Å². The normalized spacial score (nSPS) is 11.5. The quantitative estimate of drug-likeness (QED) is 0.0950. The topological polar surface area (TPSA) is 113 Å². The number of H-pyrrole nitrogens is 1. The number of unbranched alkanes of at least 4 members (excludes halogenated alkanes) is 9. The molecule has 0 radical (unpaired) electrons. The highest BCUT2D eigenvalue weighted by molar-refractivity contribution is 7.92. The van der Waals surface area contributed by atoms with Gasteiger partial charge in [-0.25, -0.2) is 13.1 Å². The van der Waals surface area contributed by atoms with Crippen molar-refractivity contribution in [1.29, 1.82) is 0 Å². The van der Waals surface area contributed by atoms with E-state index in [0.717, 1.165) is 23.1 Å². The van der Waals surface area contributed by atoms with Gasteiger partial charge in [0.15, 0.2) is 0 Å². The number of amides is 1. The average Bonchev–Trinajstić information content (AvgIpc) is 3.36. The number of hydrogen-bond donors (Lipinski definition) is 3. The molecule has 0 aliphatic heterocycles. The van der Waals surface area contributed by atoms with Crippen LogP contribution in [0.5, 0.6) is 0 Å². The molecule has 12 heteroatoms. The molecule has 246 valence electrons. The molecule has 0 atom stereocenters. The van der Waals surface area contributed by atoms with Crippen LogP contribution in [0.4, 0.5) is 11.5 Å². The Morgan fingerprint density at radius 3 is 2.04 bits per heavy atom.